The monoisotopic (exact) mass is 453 g/mol. The summed E-state index contributed by atoms with van der Waals surface area (Å²) in [5, 5.41) is 2.02. The zero-order valence-corrected chi connectivity index (χ0v) is 18.0. The first-order valence-electron chi connectivity index (χ1n) is 9.08. The third kappa shape index (κ3) is 2.93. The van der Waals surface area contributed by atoms with Crippen molar-refractivity contribution in [2.75, 3.05) is 0 Å². The van der Waals surface area contributed by atoms with Gasteiger partial charge < -0.3 is 0 Å². The fraction of sp³-hybridized carbons (Fsp3) is 0.174. The number of nitrogens with zero attached hydrogens (tertiary/aromatic N) is 1. The highest BCUT2D eigenvalue weighted by Crippen LogP contribution is 2.47. The molecule has 0 bridgehead atoms. The van der Waals surface area contributed by atoms with E-state index < -0.39 is 0 Å². The van der Waals surface area contributed by atoms with Crippen LogP contribution in [0.1, 0.15) is 22.4 Å². The standard InChI is InChI=1S/C23H17BrClNS/c1-13-5-7-14(8-6-13)19-20-17-3-2-4-18(17)27-23(20)26-22(21(19)25)15-9-11-16(24)12-10-15/h5-12H,2-4H2,1H3. The molecule has 1 nitrogen and oxygen atoms in total. The van der Waals surface area contributed by atoms with Crippen molar-refractivity contribution in [2.45, 2.75) is 26.2 Å². The van der Waals surface area contributed by atoms with E-state index in [2.05, 4.69) is 59.3 Å². The van der Waals surface area contributed by atoms with Crippen LogP contribution >= 0.6 is 38.9 Å². The Morgan fingerprint density at radius 1 is 0.963 bits per heavy atom. The van der Waals surface area contributed by atoms with Gasteiger partial charge in [0, 0.05) is 25.9 Å². The molecule has 4 aromatic rings. The second kappa shape index (κ2) is 6.73. The minimum Gasteiger partial charge on any atom is -0.235 e. The normalized spacial score (nSPS) is 13.3. The summed E-state index contributed by atoms with van der Waals surface area (Å²) in [6.45, 7) is 2.11. The second-order valence-corrected chi connectivity index (χ2v) is 9.44. The van der Waals surface area contributed by atoms with Crippen LogP contribution in [0.5, 0.6) is 0 Å². The smallest absolute Gasteiger partial charge is 0.125 e. The lowest BCUT2D eigenvalue weighted by Crippen LogP contribution is -1.92. The maximum Gasteiger partial charge on any atom is 0.125 e. The Balaban J connectivity index is 1.85. The van der Waals surface area contributed by atoms with Crippen LogP contribution in [0.25, 0.3) is 32.6 Å². The minimum absolute atomic E-state index is 0.751. The van der Waals surface area contributed by atoms with Gasteiger partial charge in [-0.1, -0.05) is 69.5 Å². The average Bonchev–Trinajstić information content (AvgIpc) is 3.24. The fourth-order valence-electron chi connectivity index (χ4n) is 3.90. The maximum atomic E-state index is 7.03. The summed E-state index contributed by atoms with van der Waals surface area (Å²) in [4.78, 5) is 7.60. The number of pyridine rings is 1. The largest absolute Gasteiger partial charge is 0.235 e. The summed E-state index contributed by atoms with van der Waals surface area (Å²) in [5.74, 6) is 0. The highest BCUT2D eigenvalue weighted by molar-refractivity contribution is 9.10. The highest BCUT2D eigenvalue weighted by atomic mass is 79.9. The molecule has 0 amide bonds. The SMILES string of the molecule is Cc1ccc(-c2c(Cl)c(-c3ccc(Br)cc3)nc3sc4c(c23)CCC4)cc1. The van der Waals surface area contributed by atoms with Crippen LogP contribution < -0.4 is 0 Å². The van der Waals surface area contributed by atoms with Gasteiger partial charge in [-0.2, -0.15) is 0 Å². The van der Waals surface area contributed by atoms with Gasteiger partial charge in [0.05, 0.1) is 10.7 Å². The lowest BCUT2D eigenvalue weighted by molar-refractivity contribution is 0.917. The van der Waals surface area contributed by atoms with E-state index in [1.54, 1.807) is 0 Å². The number of rotatable bonds is 2. The zero-order valence-electron chi connectivity index (χ0n) is 14.9. The Kier molecular flexibility index (Phi) is 4.34. The molecule has 1 aliphatic carbocycles. The predicted molar refractivity (Wildman–Crippen MR) is 120 cm³/mol. The van der Waals surface area contributed by atoms with Crippen LogP contribution in [0.15, 0.2) is 53.0 Å². The average molecular weight is 455 g/mol. The molecule has 4 heteroatoms. The molecule has 0 aliphatic heterocycles. The van der Waals surface area contributed by atoms with Crippen molar-refractivity contribution in [1.82, 2.24) is 4.98 Å². The second-order valence-electron chi connectivity index (χ2n) is 7.06. The van der Waals surface area contributed by atoms with Crippen LogP contribution in [0.3, 0.4) is 0 Å². The fourth-order valence-corrected chi connectivity index (χ4v) is 5.79. The van der Waals surface area contributed by atoms with Crippen molar-refractivity contribution in [3.8, 4) is 22.4 Å². The van der Waals surface area contributed by atoms with Crippen LogP contribution in [0.4, 0.5) is 0 Å². The third-order valence-corrected chi connectivity index (χ3v) is 7.33. The van der Waals surface area contributed by atoms with E-state index in [1.165, 1.54) is 33.4 Å². The van der Waals surface area contributed by atoms with Gasteiger partial charge >= 0.3 is 0 Å². The van der Waals surface area contributed by atoms with Crippen molar-refractivity contribution >= 4 is 49.1 Å². The molecule has 134 valence electrons. The molecule has 0 fully saturated rings. The molecular weight excluding hydrogens is 438 g/mol. The summed E-state index contributed by atoms with van der Waals surface area (Å²) >= 11 is 12.4. The quantitative estimate of drug-likeness (QED) is 0.300. The molecule has 0 radical (unpaired) electrons. The Morgan fingerprint density at radius 2 is 1.67 bits per heavy atom. The molecule has 0 spiro atoms. The first-order chi connectivity index (χ1) is 13.1. The molecule has 2 aromatic heterocycles. The number of thiophene rings is 1. The Labute approximate surface area is 176 Å². The van der Waals surface area contributed by atoms with E-state index in [0.717, 1.165) is 44.0 Å². The van der Waals surface area contributed by atoms with Gasteiger partial charge in [0.25, 0.3) is 0 Å². The summed E-state index contributed by atoms with van der Waals surface area (Å²) < 4.78 is 1.05. The first kappa shape index (κ1) is 17.4. The molecular formula is C23H17BrClNS. The molecule has 0 unspecified atom stereocenters. The number of benzene rings is 2. The first-order valence-corrected chi connectivity index (χ1v) is 11.1. The summed E-state index contributed by atoms with van der Waals surface area (Å²) in [5.41, 5.74) is 6.94. The lowest BCUT2D eigenvalue weighted by atomic mass is 9.97. The molecule has 0 saturated carbocycles. The van der Waals surface area contributed by atoms with Crippen molar-refractivity contribution in [2.24, 2.45) is 0 Å². The molecule has 27 heavy (non-hydrogen) atoms. The number of halogens is 2. The van der Waals surface area contributed by atoms with E-state index in [0.29, 0.717) is 0 Å². The molecule has 2 aromatic carbocycles. The molecule has 0 N–H and O–H groups in total. The lowest BCUT2D eigenvalue weighted by Gasteiger charge is -2.13. The van der Waals surface area contributed by atoms with Crippen LogP contribution in [0.2, 0.25) is 5.02 Å². The van der Waals surface area contributed by atoms with Gasteiger partial charge in [-0.25, -0.2) is 4.98 Å². The maximum absolute atomic E-state index is 7.03. The molecule has 5 rings (SSSR count). The van der Waals surface area contributed by atoms with E-state index >= 15 is 0 Å². The molecule has 2 heterocycles. The van der Waals surface area contributed by atoms with Crippen LogP contribution in [-0.4, -0.2) is 4.98 Å². The van der Waals surface area contributed by atoms with Crippen molar-refractivity contribution in [3.63, 3.8) is 0 Å². The van der Waals surface area contributed by atoms with Crippen LogP contribution in [0, 0.1) is 6.92 Å². The van der Waals surface area contributed by atoms with E-state index in [9.17, 15) is 0 Å². The highest BCUT2D eigenvalue weighted by Gasteiger charge is 2.25. The number of hydrogen-bond donors (Lipinski definition) is 0. The summed E-state index contributed by atoms with van der Waals surface area (Å²) in [6.07, 6.45) is 3.52. The third-order valence-electron chi connectivity index (χ3n) is 5.25. The van der Waals surface area contributed by atoms with Gasteiger partial charge in [0.2, 0.25) is 0 Å². The van der Waals surface area contributed by atoms with Crippen LogP contribution in [-0.2, 0) is 12.8 Å². The van der Waals surface area contributed by atoms with E-state index in [-0.39, 0.29) is 0 Å². The molecule has 1 aliphatic rings. The van der Waals surface area contributed by atoms with Gasteiger partial charge in [-0.05, 0) is 49.4 Å². The van der Waals surface area contributed by atoms with Gasteiger partial charge in [-0.15, -0.1) is 11.3 Å². The summed E-state index contributed by atoms with van der Waals surface area (Å²) in [6, 6.07) is 16.9. The molecule has 0 saturated heterocycles. The van der Waals surface area contributed by atoms with Gasteiger partial charge in [-0.3, -0.25) is 0 Å². The van der Waals surface area contributed by atoms with Gasteiger partial charge in [0.1, 0.15) is 4.83 Å². The van der Waals surface area contributed by atoms with E-state index in [1.807, 2.05) is 23.5 Å². The van der Waals surface area contributed by atoms with Crippen molar-refractivity contribution in [3.05, 3.63) is 74.0 Å². The number of fused-ring (bicyclic) bond motifs is 3. The van der Waals surface area contributed by atoms with E-state index in [4.69, 9.17) is 16.6 Å². The van der Waals surface area contributed by atoms with Crippen molar-refractivity contribution in [1.29, 1.82) is 0 Å². The predicted octanol–water partition coefficient (Wildman–Crippen LogP) is 7.84. The Hall–Kier alpha value is -1.68. The Bertz CT molecular complexity index is 1160. The molecule has 0 atom stereocenters. The van der Waals surface area contributed by atoms with Crippen molar-refractivity contribution < 1.29 is 0 Å². The Morgan fingerprint density at radius 3 is 2.41 bits per heavy atom. The number of aryl methyl sites for hydroxylation is 3. The minimum atomic E-state index is 0.751. The summed E-state index contributed by atoms with van der Waals surface area (Å²) in [7, 11) is 0. The zero-order chi connectivity index (χ0) is 18.5. The number of hydrogen-bond acceptors (Lipinski definition) is 2. The topological polar surface area (TPSA) is 12.9 Å². The van der Waals surface area contributed by atoms with Gasteiger partial charge in [0.15, 0.2) is 0 Å². The number of aromatic nitrogens is 1.